The van der Waals surface area contributed by atoms with Crippen LogP contribution >= 0.6 is 15.9 Å². The highest BCUT2D eigenvalue weighted by molar-refractivity contribution is 9.10. The van der Waals surface area contributed by atoms with Crippen LogP contribution in [0.15, 0.2) is 12.1 Å². The molecule has 1 amide bonds. The maximum absolute atomic E-state index is 13.7. The van der Waals surface area contributed by atoms with Crippen LogP contribution < -0.4 is 5.32 Å². The van der Waals surface area contributed by atoms with Crippen molar-refractivity contribution in [1.29, 1.82) is 0 Å². The summed E-state index contributed by atoms with van der Waals surface area (Å²) in [6.07, 6.45) is 6.92. The Hall–Kier alpha value is -1.04. The zero-order chi connectivity index (χ0) is 17.1. The molecule has 0 aliphatic heterocycles. The van der Waals surface area contributed by atoms with Crippen molar-refractivity contribution in [1.82, 2.24) is 0 Å². The second-order valence-corrected chi connectivity index (χ2v) is 9.74. The number of carbonyl (C=O) groups is 1. The number of benzene rings is 1. The molecule has 4 fully saturated rings. The number of hydrogen-bond acceptors (Lipinski definition) is 1. The average molecular weight is 402 g/mol. The standard InChI is InChI=1S/C18H19BrF3NO/c19-18-6-10-3-11(7-18)5-17(4-10,9-18)8-14(24)23-13-2-1-12(20)15(21)16(13)22/h1-2,10-11H,3-9H2,(H,23,24). The fourth-order valence-corrected chi connectivity index (χ4v) is 7.21. The van der Waals surface area contributed by atoms with Gasteiger partial charge in [0.2, 0.25) is 5.91 Å². The number of rotatable bonds is 3. The lowest BCUT2D eigenvalue weighted by molar-refractivity contribution is -0.123. The smallest absolute Gasteiger partial charge is 0.225 e. The Morgan fingerprint density at radius 1 is 1.12 bits per heavy atom. The van der Waals surface area contributed by atoms with E-state index < -0.39 is 17.5 Å². The number of hydrogen-bond donors (Lipinski definition) is 1. The highest BCUT2D eigenvalue weighted by Gasteiger charge is 2.57. The Labute approximate surface area is 147 Å². The van der Waals surface area contributed by atoms with Gasteiger partial charge in [-0.2, -0.15) is 0 Å². The van der Waals surface area contributed by atoms with Crippen molar-refractivity contribution in [2.24, 2.45) is 17.3 Å². The van der Waals surface area contributed by atoms with Gasteiger partial charge in [0, 0.05) is 10.7 Å². The zero-order valence-corrected chi connectivity index (χ0v) is 14.8. The molecule has 1 aromatic rings. The molecule has 1 N–H and O–H groups in total. The molecule has 4 aliphatic carbocycles. The third-order valence-electron chi connectivity index (χ3n) is 5.96. The third-order valence-corrected chi connectivity index (χ3v) is 6.88. The minimum Gasteiger partial charge on any atom is -0.323 e. The monoisotopic (exact) mass is 401 g/mol. The van der Waals surface area contributed by atoms with Crippen LogP contribution in [0.5, 0.6) is 0 Å². The van der Waals surface area contributed by atoms with E-state index in [1.807, 2.05) is 0 Å². The summed E-state index contributed by atoms with van der Waals surface area (Å²) in [4.78, 5) is 12.4. The summed E-state index contributed by atoms with van der Waals surface area (Å²) in [6.45, 7) is 0. The molecular formula is C18H19BrF3NO. The van der Waals surface area contributed by atoms with Gasteiger partial charge in [-0.25, -0.2) is 13.2 Å². The van der Waals surface area contributed by atoms with E-state index in [9.17, 15) is 18.0 Å². The van der Waals surface area contributed by atoms with Crippen LogP contribution in [0.4, 0.5) is 18.9 Å². The number of halogens is 4. The molecule has 6 heteroatoms. The first-order valence-corrected chi connectivity index (χ1v) is 9.19. The first-order chi connectivity index (χ1) is 11.3. The second-order valence-electron chi connectivity index (χ2n) is 8.06. The van der Waals surface area contributed by atoms with Gasteiger partial charge in [-0.15, -0.1) is 0 Å². The van der Waals surface area contributed by atoms with E-state index in [0.717, 1.165) is 31.4 Å². The molecule has 2 unspecified atom stereocenters. The van der Waals surface area contributed by atoms with Crippen molar-refractivity contribution < 1.29 is 18.0 Å². The predicted octanol–water partition coefficient (Wildman–Crippen LogP) is 5.17. The van der Waals surface area contributed by atoms with Crippen molar-refractivity contribution in [3.63, 3.8) is 0 Å². The molecule has 0 aromatic heterocycles. The van der Waals surface area contributed by atoms with Crippen molar-refractivity contribution in [2.75, 3.05) is 5.32 Å². The summed E-state index contributed by atoms with van der Waals surface area (Å²) in [5.41, 5.74) is -0.343. The van der Waals surface area contributed by atoms with Gasteiger partial charge in [0.1, 0.15) is 0 Å². The molecule has 4 saturated carbocycles. The van der Waals surface area contributed by atoms with Gasteiger partial charge in [0.25, 0.3) is 0 Å². The summed E-state index contributed by atoms with van der Waals surface area (Å²) in [5.74, 6) is -3.17. The first kappa shape index (κ1) is 16.4. The molecular weight excluding hydrogens is 383 g/mol. The second kappa shape index (κ2) is 5.48. The summed E-state index contributed by atoms with van der Waals surface area (Å²) < 4.78 is 40.2. The van der Waals surface area contributed by atoms with Gasteiger partial charge in [-0.1, -0.05) is 15.9 Å². The Morgan fingerprint density at radius 2 is 1.79 bits per heavy atom. The lowest BCUT2D eigenvalue weighted by Gasteiger charge is -2.60. The molecule has 0 radical (unpaired) electrons. The summed E-state index contributed by atoms with van der Waals surface area (Å²) in [7, 11) is 0. The molecule has 1 aromatic carbocycles. The van der Waals surface area contributed by atoms with Gasteiger partial charge in [-0.3, -0.25) is 4.79 Å². The van der Waals surface area contributed by atoms with Crippen LogP contribution in [0.25, 0.3) is 0 Å². The minimum atomic E-state index is -1.55. The van der Waals surface area contributed by atoms with Crippen molar-refractivity contribution in [3.8, 4) is 0 Å². The predicted molar refractivity (Wildman–Crippen MR) is 88.3 cm³/mol. The third kappa shape index (κ3) is 2.76. The highest BCUT2D eigenvalue weighted by Crippen LogP contribution is 2.65. The number of nitrogens with one attached hydrogen (secondary N) is 1. The van der Waals surface area contributed by atoms with E-state index in [2.05, 4.69) is 21.2 Å². The zero-order valence-electron chi connectivity index (χ0n) is 13.2. The molecule has 24 heavy (non-hydrogen) atoms. The molecule has 0 heterocycles. The largest absolute Gasteiger partial charge is 0.323 e. The maximum Gasteiger partial charge on any atom is 0.225 e. The van der Waals surface area contributed by atoms with Crippen molar-refractivity contribution >= 4 is 27.5 Å². The summed E-state index contributed by atoms with van der Waals surface area (Å²) in [5, 5.41) is 2.43. The molecule has 2 atom stereocenters. The number of alkyl halides is 1. The van der Waals surface area contributed by atoms with Gasteiger partial charge >= 0.3 is 0 Å². The quantitative estimate of drug-likeness (QED) is 0.549. The van der Waals surface area contributed by atoms with E-state index in [1.54, 1.807) is 0 Å². The molecule has 4 bridgehead atoms. The molecule has 130 valence electrons. The topological polar surface area (TPSA) is 29.1 Å². The van der Waals surface area contributed by atoms with Gasteiger partial charge in [0.15, 0.2) is 17.5 Å². The Bertz CT molecular complexity index is 694. The van der Waals surface area contributed by atoms with E-state index in [4.69, 9.17) is 0 Å². The van der Waals surface area contributed by atoms with Gasteiger partial charge in [-0.05, 0) is 67.9 Å². The molecule has 5 rings (SSSR count). The Balaban J connectivity index is 1.50. The Morgan fingerprint density at radius 3 is 2.42 bits per heavy atom. The van der Waals surface area contributed by atoms with Crippen LogP contribution in [0.3, 0.4) is 0 Å². The van der Waals surface area contributed by atoms with Gasteiger partial charge in [0.05, 0.1) is 5.69 Å². The van der Waals surface area contributed by atoms with E-state index in [-0.39, 0.29) is 21.3 Å². The fourth-order valence-electron chi connectivity index (χ4n) is 5.70. The van der Waals surface area contributed by atoms with E-state index >= 15 is 0 Å². The van der Waals surface area contributed by atoms with E-state index in [1.165, 1.54) is 19.3 Å². The lowest BCUT2D eigenvalue weighted by Crippen LogP contribution is -2.53. The SMILES string of the molecule is O=C(CC12CC3CC(CC(Br)(C3)C1)C2)Nc1ccc(F)c(F)c1F. The molecule has 0 saturated heterocycles. The van der Waals surface area contributed by atoms with Crippen LogP contribution in [0.1, 0.15) is 44.9 Å². The van der Waals surface area contributed by atoms with Crippen molar-refractivity contribution in [3.05, 3.63) is 29.6 Å². The van der Waals surface area contributed by atoms with Crippen molar-refractivity contribution in [2.45, 2.75) is 49.3 Å². The van der Waals surface area contributed by atoms with E-state index in [0.29, 0.717) is 18.3 Å². The molecule has 2 nitrogen and oxygen atoms in total. The average Bonchev–Trinajstić information content (AvgIpc) is 2.45. The van der Waals surface area contributed by atoms with Crippen LogP contribution in [-0.4, -0.2) is 10.2 Å². The number of amides is 1. The maximum atomic E-state index is 13.7. The number of carbonyl (C=O) groups excluding carboxylic acids is 1. The normalized spacial score (nSPS) is 36.8. The van der Waals surface area contributed by atoms with Gasteiger partial charge < -0.3 is 5.32 Å². The van der Waals surface area contributed by atoms with Crippen LogP contribution in [0.2, 0.25) is 0 Å². The molecule has 0 spiro atoms. The van der Waals surface area contributed by atoms with Crippen LogP contribution in [0, 0.1) is 34.7 Å². The summed E-state index contributed by atoms with van der Waals surface area (Å²) >= 11 is 3.90. The summed E-state index contributed by atoms with van der Waals surface area (Å²) in [6, 6.07) is 1.89. The number of anilines is 1. The highest BCUT2D eigenvalue weighted by atomic mass is 79.9. The van der Waals surface area contributed by atoms with Crippen LogP contribution in [-0.2, 0) is 4.79 Å². The molecule has 4 aliphatic rings. The Kier molecular flexibility index (Phi) is 3.75. The lowest BCUT2D eigenvalue weighted by atomic mass is 9.48. The minimum absolute atomic E-state index is 0.0489. The fraction of sp³-hybridized carbons (Fsp3) is 0.611. The first-order valence-electron chi connectivity index (χ1n) is 8.40.